The lowest BCUT2D eigenvalue weighted by Gasteiger charge is -2.27. The van der Waals surface area contributed by atoms with Crippen molar-refractivity contribution in [1.82, 2.24) is 9.97 Å². The molecule has 2 aromatic heterocycles. The van der Waals surface area contributed by atoms with Crippen molar-refractivity contribution in [2.75, 3.05) is 41.8 Å². The Labute approximate surface area is 175 Å². The van der Waals surface area contributed by atoms with Crippen LogP contribution in [0.4, 0.5) is 23.1 Å². The van der Waals surface area contributed by atoms with E-state index in [1.807, 2.05) is 44.2 Å². The molecular formula is C22H25N5O3. The molecule has 30 heavy (non-hydrogen) atoms. The highest BCUT2D eigenvalue weighted by atomic mass is 16.5. The molecule has 3 heterocycles. The monoisotopic (exact) mass is 407 g/mol. The molecule has 1 amide bonds. The fourth-order valence-electron chi connectivity index (χ4n) is 3.36. The van der Waals surface area contributed by atoms with Gasteiger partial charge in [0.15, 0.2) is 0 Å². The van der Waals surface area contributed by atoms with Crippen molar-refractivity contribution in [2.24, 2.45) is 0 Å². The lowest BCUT2D eigenvalue weighted by Crippen LogP contribution is -2.37. The number of ether oxygens (including phenoxy) is 1. The van der Waals surface area contributed by atoms with Gasteiger partial charge in [0.25, 0.3) is 5.91 Å². The Bertz CT molecular complexity index is 1040. The third-order valence-corrected chi connectivity index (χ3v) is 4.84. The van der Waals surface area contributed by atoms with E-state index in [-0.39, 0.29) is 5.91 Å². The minimum absolute atomic E-state index is 0.188. The number of carbonyl (C=O) groups is 1. The number of benzene rings is 1. The van der Waals surface area contributed by atoms with Gasteiger partial charge in [0.05, 0.1) is 18.8 Å². The number of morpholine rings is 1. The topological polar surface area (TPSA) is 92.5 Å². The molecule has 2 N–H and O–H groups in total. The molecule has 156 valence electrons. The Morgan fingerprint density at radius 3 is 2.37 bits per heavy atom. The summed E-state index contributed by atoms with van der Waals surface area (Å²) in [7, 11) is 0. The average Bonchev–Trinajstić information content (AvgIpc) is 3.08. The van der Waals surface area contributed by atoms with Crippen LogP contribution in [0.25, 0.3) is 0 Å². The first kappa shape index (κ1) is 19.9. The molecule has 4 rings (SSSR count). The zero-order chi connectivity index (χ0) is 21.1. The molecule has 0 saturated carbocycles. The molecule has 1 aliphatic heterocycles. The summed E-state index contributed by atoms with van der Waals surface area (Å²) in [4.78, 5) is 23.7. The molecule has 1 saturated heterocycles. The maximum atomic E-state index is 12.4. The van der Waals surface area contributed by atoms with Crippen molar-refractivity contribution in [3.8, 4) is 0 Å². The Morgan fingerprint density at radius 1 is 1.00 bits per heavy atom. The van der Waals surface area contributed by atoms with Gasteiger partial charge in [0.2, 0.25) is 5.95 Å². The van der Waals surface area contributed by atoms with E-state index in [0.717, 1.165) is 30.3 Å². The van der Waals surface area contributed by atoms with Gasteiger partial charge in [-0.05, 0) is 51.1 Å². The SMILES string of the molecule is Cc1cc(Nc2ccc(NC(=O)c3cc(C)oc3C)cc2)nc(N2CCOCC2)n1. The molecule has 1 aliphatic rings. The van der Waals surface area contributed by atoms with Crippen molar-refractivity contribution < 1.29 is 13.9 Å². The largest absolute Gasteiger partial charge is 0.466 e. The predicted octanol–water partition coefficient (Wildman–Crippen LogP) is 3.83. The number of anilines is 4. The van der Waals surface area contributed by atoms with E-state index in [1.54, 1.807) is 13.0 Å². The number of furan rings is 1. The Balaban J connectivity index is 1.44. The minimum atomic E-state index is -0.188. The smallest absolute Gasteiger partial charge is 0.259 e. The van der Waals surface area contributed by atoms with Gasteiger partial charge in [0.1, 0.15) is 17.3 Å². The average molecular weight is 407 g/mol. The lowest BCUT2D eigenvalue weighted by molar-refractivity contribution is 0.102. The van der Waals surface area contributed by atoms with Crippen LogP contribution in [0, 0.1) is 20.8 Å². The van der Waals surface area contributed by atoms with Gasteiger partial charge in [-0.1, -0.05) is 0 Å². The zero-order valence-electron chi connectivity index (χ0n) is 17.4. The second kappa shape index (κ2) is 8.54. The highest BCUT2D eigenvalue weighted by Gasteiger charge is 2.16. The molecular weight excluding hydrogens is 382 g/mol. The van der Waals surface area contributed by atoms with Crippen LogP contribution in [-0.2, 0) is 4.74 Å². The van der Waals surface area contributed by atoms with Gasteiger partial charge in [-0.3, -0.25) is 4.79 Å². The van der Waals surface area contributed by atoms with Crippen LogP contribution in [0.15, 0.2) is 40.8 Å². The first-order valence-corrected chi connectivity index (χ1v) is 9.92. The molecule has 1 aromatic carbocycles. The molecule has 3 aromatic rings. The predicted molar refractivity (Wildman–Crippen MR) is 116 cm³/mol. The van der Waals surface area contributed by atoms with Crippen molar-refractivity contribution in [3.05, 3.63) is 59.2 Å². The summed E-state index contributed by atoms with van der Waals surface area (Å²) in [5.41, 5.74) is 3.01. The first-order chi connectivity index (χ1) is 14.5. The summed E-state index contributed by atoms with van der Waals surface area (Å²) in [6.07, 6.45) is 0. The maximum Gasteiger partial charge on any atom is 0.259 e. The van der Waals surface area contributed by atoms with Crippen molar-refractivity contribution in [3.63, 3.8) is 0 Å². The van der Waals surface area contributed by atoms with Crippen LogP contribution in [0.1, 0.15) is 27.6 Å². The third kappa shape index (κ3) is 4.60. The van der Waals surface area contributed by atoms with E-state index in [2.05, 4.69) is 25.5 Å². The number of nitrogens with one attached hydrogen (secondary N) is 2. The Hall–Kier alpha value is -3.39. The Kier molecular flexibility index (Phi) is 5.67. The molecule has 1 fully saturated rings. The number of nitrogens with zero attached hydrogens (tertiary/aromatic N) is 3. The zero-order valence-corrected chi connectivity index (χ0v) is 17.4. The fraction of sp³-hybridized carbons (Fsp3) is 0.318. The lowest BCUT2D eigenvalue weighted by atomic mass is 10.2. The maximum absolute atomic E-state index is 12.4. The van der Waals surface area contributed by atoms with E-state index in [0.29, 0.717) is 41.9 Å². The molecule has 8 heteroatoms. The summed E-state index contributed by atoms with van der Waals surface area (Å²) >= 11 is 0. The van der Waals surface area contributed by atoms with Crippen LogP contribution < -0.4 is 15.5 Å². The fourth-order valence-corrected chi connectivity index (χ4v) is 3.36. The number of aryl methyl sites for hydroxylation is 3. The highest BCUT2D eigenvalue weighted by molar-refractivity contribution is 6.05. The van der Waals surface area contributed by atoms with Crippen LogP contribution in [0.5, 0.6) is 0 Å². The third-order valence-electron chi connectivity index (χ3n) is 4.84. The second-order valence-corrected chi connectivity index (χ2v) is 7.28. The van der Waals surface area contributed by atoms with Crippen LogP contribution >= 0.6 is 0 Å². The van der Waals surface area contributed by atoms with Crippen molar-refractivity contribution in [1.29, 1.82) is 0 Å². The van der Waals surface area contributed by atoms with E-state index in [4.69, 9.17) is 9.15 Å². The van der Waals surface area contributed by atoms with Gasteiger partial charge < -0.3 is 24.7 Å². The number of hydrogen-bond donors (Lipinski definition) is 2. The summed E-state index contributed by atoms with van der Waals surface area (Å²) in [5, 5.41) is 6.21. The summed E-state index contributed by atoms with van der Waals surface area (Å²) in [5.74, 6) is 2.57. The summed E-state index contributed by atoms with van der Waals surface area (Å²) < 4.78 is 10.8. The van der Waals surface area contributed by atoms with Crippen LogP contribution in [-0.4, -0.2) is 42.2 Å². The molecule has 0 unspecified atom stereocenters. The van der Waals surface area contributed by atoms with Crippen LogP contribution in [0.2, 0.25) is 0 Å². The van der Waals surface area contributed by atoms with Crippen LogP contribution in [0.3, 0.4) is 0 Å². The number of amides is 1. The molecule has 0 aliphatic carbocycles. The number of rotatable bonds is 5. The van der Waals surface area contributed by atoms with E-state index >= 15 is 0 Å². The van der Waals surface area contributed by atoms with Gasteiger partial charge >= 0.3 is 0 Å². The summed E-state index contributed by atoms with van der Waals surface area (Å²) in [6, 6.07) is 11.1. The van der Waals surface area contributed by atoms with Gasteiger partial charge in [-0.2, -0.15) is 4.98 Å². The van der Waals surface area contributed by atoms with Crippen molar-refractivity contribution >= 4 is 29.0 Å². The van der Waals surface area contributed by atoms with E-state index in [9.17, 15) is 4.79 Å². The molecule has 0 spiro atoms. The highest BCUT2D eigenvalue weighted by Crippen LogP contribution is 2.22. The minimum Gasteiger partial charge on any atom is -0.466 e. The normalized spacial score (nSPS) is 13.9. The molecule has 0 radical (unpaired) electrons. The number of aromatic nitrogens is 2. The quantitative estimate of drug-likeness (QED) is 0.664. The van der Waals surface area contributed by atoms with E-state index in [1.165, 1.54) is 0 Å². The number of hydrogen-bond acceptors (Lipinski definition) is 7. The second-order valence-electron chi connectivity index (χ2n) is 7.28. The molecule has 0 bridgehead atoms. The first-order valence-electron chi connectivity index (χ1n) is 9.92. The standard InChI is InChI=1S/C22H25N5O3/c1-14-12-20(26-22(23-14)27-8-10-29-11-9-27)24-17-4-6-18(7-5-17)25-21(28)19-13-15(2)30-16(19)3/h4-7,12-13H,8-11H2,1-3H3,(H,25,28)(H,23,24,26). The summed E-state index contributed by atoms with van der Waals surface area (Å²) in [6.45, 7) is 8.50. The van der Waals surface area contributed by atoms with Gasteiger partial charge in [0, 0.05) is 36.2 Å². The molecule has 0 atom stereocenters. The number of carbonyl (C=O) groups excluding carboxylic acids is 1. The molecule has 8 nitrogen and oxygen atoms in total. The van der Waals surface area contributed by atoms with E-state index < -0.39 is 0 Å². The van der Waals surface area contributed by atoms with Gasteiger partial charge in [-0.25, -0.2) is 4.98 Å². The Morgan fingerprint density at radius 2 is 1.70 bits per heavy atom. The van der Waals surface area contributed by atoms with Crippen molar-refractivity contribution in [2.45, 2.75) is 20.8 Å². The van der Waals surface area contributed by atoms with Gasteiger partial charge in [-0.15, -0.1) is 0 Å².